The molecule has 210 valence electrons. The summed E-state index contributed by atoms with van der Waals surface area (Å²) >= 11 is 0. The molecule has 6 rings (SSSR count). The van der Waals surface area contributed by atoms with Gasteiger partial charge in [0.05, 0.1) is 30.7 Å². The van der Waals surface area contributed by atoms with Crippen molar-refractivity contribution in [3.8, 4) is 0 Å². The fourth-order valence-corrected chi connectivity index (χ4v) is 8.08. The van der Waals surface area contributed by atoms with E-state index in [0.717, 1.165) is 30.2 Å². The number of oxime groups is 1. The Kier molecular flexibility index (Phi) is 7.71. The molecule has 3 heterocycles. The molecule has 1 N–H and O–H groups in total. The first-order chi connectivity index (χ1) is 19.0. The molecule has 4 fully saturated rings. The minimum atomic E-state index is -0.956. The molecule has 9 heteroatoms. The highest BCUT2D eigenvalue weighted by Gasteiger charge is 2.45. The molecule has 4 aliphatic rings. The van der Waals surface area contributed by atoms with Crippen LogP contribution in [0.4, 0.5) is 0 Å². The second-order valence-electron chi connectivity index (χ2n) is 12.0. The quantitative estimate of drug-likeness (QED) is 0.414. The molecule has 2 saturated heterocycles. The maximum atomic E-state index is 14.1. The Morgan fingerprint density at radius 3 is 2.36 bits per heavy atom. The smallest absolute Gasteiger partial charge is 0.303 e. The highest BCUT2D eigenvalue weighted by atomic mass is 16.6. The number of ether oxygens (including phenoxy) is 1. The van der Waals surface area contributed by atoms with Crippen molar-refractivity contribution < 1.29 is 19.5 Å². The summed E-state index contributed by atoms with van der Waals surface area (Å²) in [5.74, 6) is 0.756. The number of rotatable bonds is 7. The van der Waals surface area contributed by atoms with Gasteiger partial charge in [-0.05, 0) is 56.1 Å². The van der Waals surface area contributed by atoms with E-state index in [-0.39, 0.29) is 47.9 Å². The lowest BCUT2D eigenvalue weighted by molar-refractivity contribution is -0.136. The van der Waals surface area contributed by atoms with Gasteiger partial charge in [0.1, 0.15) is 12.8 Å². The van der Waals surface area contributed by atoms with Crippen LogP contribution in [0.15, 0.2) is 34.2 Å². The van der Waals surface area contributed by atoms with Crippen molar-refractivity contribution in [2.45, 2.75) is 94.8 Å². The molecule has 2 unspecified atom stereocenters. The minimum absolute atomic E-state index is 0.00781. The zero-order valence-electron chi connectivity index (χ0n) is 22.8. The first kappa shape index (κ1) is 26.4. The van der Waals surface area contributed by atoms with E-state index in [4.69, 9.17) is 9.57 Å². The lowest BCUT2D eigenvalue weighted by Crippen LogP contribution is -2.62. The summed E-state index contributed by atoms with van der Waals surface area (Å²) in [6.07, 6.45) is 11.2. The molecule has 2 aromatic rings. The van der Waals surface area contributed by atoms with Gasteiger partial charge in [-0.2, -0.15) is 0 Å². The van der Waals surface area contributed by atoms with E-state index in [9.17, 15) is 14.7 Å². The molecule has 6 atom stereocenters. The lowest BCUT2D eigenvalue weighted by Gasteiger charge is -2.54. The van der Waals surface area contributed by atoms with Gasteiger partial charge in [0.25, 0.3) is 5.56 Å². The number of aromatic nitrogens is 2. The van der Waals surface area contributed by atoms with E-state index < -0.39 is 5.97 Å². The number of carbonyl (C=O) groups is 1. The Hall–Kier alpha value is -2.78. The summed E-state index contributed by atoms with van der Waals surface area (Å²) in [6.45, 7) is 1.41. The van der Waals surface area contributed by atoms with Crippen molar-refractivity contribution in [2.75, 3.05) is 20.3 Å². The molecule has 0 spiro atoms. The summed E-state index contributed by atoms with van der Waals surface area (Å²) in [6, 6.07) is 8.91. The highest BCUT2D eigenvalue weighted by molar-refractivity contribution is 6.00. The fraction of sp³-hybridized carbons (Fsp3) is 0.667. The third-order valence-electron chi connectivity index (χ3n) is 9.54. The number of carboxylic acid groups (broad SMARTS) is 1. The van der Waals surface area contributed by atoms with Gasteiger partial charge in [-0.15, -0.1) is 0 Å². The number of aliphatic carboxylic acids is 1. The molecule has 9 nitrogen and oxygen atoms in total. The Morgan fingerprint density at radius 1 is 1.00 bits per heavy atom. The zero-order valence-corrected chi connectivity index (χ0v) is 22.8. The molecular formula is C30H40N4O5. The van der Waals surface area contributed by atoms with Crippen LogP contribution < -0.4 is 5.56 Å². The van der Waals surface area contributed by atoms with Gasteiger partial charge in [0, 0.05) is 30.6 Å². The summed E-state index contributed by atoms with van der Waals surface area (Å²) in [5.41, 5.74) is 1.73. The van der Waals surface area contributed by atoms with Crippen LogP contribution in [-0.4, -0.2) is 69.7 Å². The van der Waals surface area contributed by atoms with E-state index in [1.807, 2.05) is 28.8 Å². The number of benzene rings is 1. The van der Waals surface area contributed by atoms with Crippen molar-refractivity contribution >= 4 is 22.7 Å². The van der Waals surface area contributed by atoms with E-state index in [1.54, 1.807) is 0 Å². The van der Waals surface area contributed by atoms with Crippen molar-refractivity contribution in [1.29, 1.82) is 0 Å². The Morgan fingerprint density at radius 2 is 1.69 bits per heavy atom. The van der Waals surface area contributed by atoms with E-state index in [2.05, 4.69) is 15.0 Å². The first-order valence-electron chi connectivity index (χ1n) is 14.7. The second-order valence-corrected chi connectivity index (χ2v) is 12.0. The largest absolute Gasteiger partial charge is 0.481 e. The number of fused-ring (bicyclic) bond motifs is 5. The number of morpholine rings is 1. The number of nitrogens with zero attached hydrogens (tertiary/aromatic N) is 4. The van der Waals surface area contributed by atoms with Crippen molar-refractivity contribution in [3.05, 3.63) is 40.3 Å². The number of carboxylic acids is 1. The Bertz CT molecular complexity index is 1260. The van der Waals surface area contributed by atoms with Crippen molar-refractivity contribution in [2.24, 2.45) is 17.0 Å². The highest BCUT2D eigenvalue weighted by Crippen LogP contribution is 2.44. The molecule has 39 heavy (non-hydrogen) atoms. The third kappa shape index (κ3) is 5.35. The molecule has 1 aromatic carbocycles. The zero-order chi connectivity index (χ0) is 26.9. The van der Waals surface area contributed by atoms with E-state index >= 15 is 0 Å². The summed E-state index contributed by atoms with van der Waals surface area (Å²) in [4.78, 5) is 37.8. The normalized spacial score (nSPS) is 31.6. The van der Waals surface area contributed by atoms with Crippen LogP contribution in [0.1, 0.15) is 82.4 Å². The number of hydrogen-bond donors (Lipinski definition) is 1. The third-order valence-corrected chi connectivity index (χ3v) is 9.54. The Labute approximate surface area is 229 Å². The molecule has 2 aliphatic heterocycles. The van der Waals surface area contributed by atoms with Gasteiger partial charge in [-0.25, -0.2) is 4.98 Å². The van der Waals surface area contributed by atoms with E-state index in [1.165, 1.54) is 52.1 Å². The monoisotopic (exact) mass is 536 g/mol. The minimum Gasteiger partial charge on any atom is -0.481 e. The summed E-state index contributed by atoms with van der Waals surface area (Å²) < 4.78 is 8.00. The van der Waals surface area contributed by atoms with Crippen molar-refractivity contribution in [1.82, 2.24) is 14.5 Å². The fourth-order valence-electron chi connectivity index (χ4n) is 8.08. The van der Waals surface area contributed by atoms with Crippen LogP contribution in [0, 0.1) is 11.8 Å². The second kappa shape index (κ2) is 11.4. The van der Waals surface area contributed by atoms with Gasteiger partial charge >= 0.3 is 5.97 Å². The molecule has 0 radical (unpaired) electrons. The van der Waals surface area contributed by atoms with Crippen LogP contribution in [0.25, 0.3) is 11.0 Å². The lowest BCUT2D eigenvalue weighted by atomic mass is 9.75. The van der Waals surface area contributed by atoms with Gasteiger partial charge in [0.2, 0.25) is 0 Å². The standard InChI is InChI=1S/C30H40N4O5/c1-38-32-26(10-11-28(35)36)29-30(37)34(27-9-5-4-8-25(27)31-29)22-15-23-17-39-18-24(16-22)33(23)21-13-19-6-2-3-7-20(12-19)14-21/h4-5,8-9,19-24H,2-3,6-7,10-18H2,1H3,(H,35,36)/b32-26+/t19-,20+,21?,22?,23-,24+. The predicted molar refractivity (Wildman–Crippen MR) is 148 cm³/mol. The van der Waals surface area contributed by atoms with Crippen LogP contribution in [0.2, 0.25) is 0 Å². The first-order valence-corrected chi connectivity index (χ1v) is 14.7. The predicted octanol–water partition coefficient (Wildman–Crippen LogP) is 4.38. The molecule has 0 amide bonds. The summed E-state index contributed by atoms with van der Waals surface area (Å²) in [7, 11) is 1.40. The topological polar surface area (TPSA) is 106 Å². The number of hydrogen-bond acceptors (Lipinski definition) is 7. The molecule has 4 bridgehead atoms. The van der Waals surface area contributed by atoms with Crippen LogP contribution in [0.5, 0.6) is 0 Å². The summed E-state index contributed by atoms with van der Waals surface area (Å²) in [5, 5.41) is 13.3. The van der Waals surface area contributed by atoms with Crippen LogP contribution in [0.3, 0.4) is 0 Å². The van der Waals surface area contributed by atoms with Crippen LogP contribution in [-0.2, 0) is 14.4 Å². The molecule has 1 aromatic heterocycles. The van der Waals surface area contributed by atoms with E-state index in [0.29, 0.717) is 24.8 Å². The van der Waals surface area contributed by atoms with Gasteiger partial charge in [-0.1, -0.05) is 43.0 Å². The Balaban J connectivity index is 1.34. The maximum Gasteiger partial charge on any atom is 0.303 e. The number of piperidine rings is 1. The molecule has 2 aliphatic carbocycles. The average Bonchev–Trinajstić information content (AvgIpc) is 3.09. The number of para-hydroxylation sites is 2. The maximum absolute atomic E-state index is 14.1. The van der Waals surface area contributed by atoms with Crippen LogP contribution >= 0.6 is 0 Å². The van der Waals surface area contributed by atoms with Gasteiger partial charge < -0.3 is 19.2 Å². The average molecular weight is 537 g/mol. The SMILES string of the molecule is CO/N=C(\CCC(=O)O)c1nc2ccccc2n(C2C[C@H]3COC[C@@H](C2)N3C2C[C@H]3CCCC[C@@H](C2)C3)c1=O. The molecule has 2 saturated carbocycles. The molecular weight excluding hydrogens is 496 g/mol. The van der Waals surface area contributed by atoms with Gasteiger partial charge in [-0.3, -0.25) is 14.5 Å². The van der Waals surface area contributed by atoms with Crippen molar-refractivity contribution in [3.63, 3.8) is 0 Å². The van der Waals surface area contributed by atoms with Gasteiger partial charge in [0.15, 0.2) is 5.69 Å².